The summed E-state index contributed by atoms with van der Waals surface area (Å²) >= 11 is 5.89. The minimum atomic E-state index is -0.549. The largest absolute Gasteiger partial charge is 0.436 e. The van der Waals surface area contributed by atoms with E-state index in [4.69, 9.17) is 22.2 Å². The molecule has 0 unspecified atom stereocenters. The summed E-state index contributed by atoms with van der Waals surface area (Å²) in [7, 11) is 0. The van der Waals surface area contributed by atoms with Crippen molar-refractivity contribution in [1.29, 1.82) is 0 Å². The summed E-state index contributed by atoms with van der Waals surface area (Å²) in [4.78, 5) is 17.9. The predicted molar refractivity (Wildman–Crippen MR) is 68.0 cm³/mol. The average Bonchev–Trinajstić information content (AvgIpc) is 2.41. The van der Waals surface area contributed by atoms with Gasteiger partial charge in [0.2, 0.25) is 5.88 Å². The lowest BCUT2D eigenvalue weighted by Gasteiger charge is -2.07. The normalized spacial score (nSPS) is 10.0. The molecule has 0 aliphatic carbocycles. The number of nitrogens with zero attached hydrogens (tertiary/aromatic N) is 3. The van der Waals surface area contributed by atoms with Crippen LogP contribution in [-0.4, -0.2) is 14.9 Å². The van der Waals surface area contributed by atoms with Crippen molar-refractivity contribution >= 4 is 23.1 Å². The van der Waals surface area contributed by atoms with E-state index in [1.807, 2.05) is 0 Å². The van der Waals surface area contributed by atoms with Crippen LogP contribution in [0, 0.1) is 10.1 Å². The van der Waals surface area contributed by atoms with E-state index < -0.39 is 4.92 Å². The van der Waals surface area contributed by atoms with Gasteiger partial charge in [-0.3, -0.25) is 15.1 Å². The summed E-state index contributed by atoms with van der Waals surface area (Å²) in [6.45, 7) is 0. The van der Waals surface area contributed by atoms with Gasteiger partial charge in [0, 0.05) is 6.07 Å². The number of halogens is 1. The number of nitro benzene ring substituents is 1. The average molecular weight is 282 g/mol. The number of benzene rings is 1. The van der Waals surface area contributed by atoms with E-state index in [2.05, 4.69) is 15.4 Å². The molecular weight excluding hydrogens is 274 g/mol. The second-order valence-electron chi connectivity index (χ2n) is 3.36. The molecule has 0 amide bonds. The zero-order chi connectivity index (χ0) is 13.8. The first-order chi connectivity index (χ1) is 9.10. The van der Waals surface area contributed by atoms with Gasteiger partial charge in [-0.05, 0) is 6.07 Å². The van der Waals surface area contributed by atoms with E-state index >= 15 is 0 Å². The minimum Gasteiger partial charge on any atom is -0.436 e. The molecule has 0 saturated heterocycles. The molecule has 1 aromatic heterocycles. The van der Waals surface area contributed by atoms with Crippen LogP contribution in [0.25, 0.3) is 0 Å². The van der Waals surface area contributed by atoms with Gasteiger partial charge < -0.3 is 10.2 Å². The second-order valence-corrected chi connectivity index (χ2v) is 3.77. The molecular formula is C10H8ClN5O3. The highest BCUT2D eigenvalue weighted by Gasteiger charge is 2.12. The number of hydrogen-bond donors (Lipinski definition) is 2. The maximum Gasteiger partial charge on any atom is 0.273 e. The van der Waals surface area contributed by atoms with E-state index in [0.29, 0.717) is 5.82 Å². The number of nitrogens with two attached hydrogens (primary N) is 1. The molecule has 1 aromatic carbocycles. The third-order valence-corrected chi connectivity index (χ3v) is 2.41. The predicted octanol–water partition coefficient (Wildman–Crippen LogP) is 2.12. The number of hydrazine groups is 1. The van der Waals surface area contributed by atoms with Crippen LogP contribution in [0.5, 0.6) is 11.6 Å². The van der Waals surface area contributed by atoms with Gasteiger partial charge in [-0.1, -0.05) is 11.6 Å². The molecule has 0 atom stereocenters. The smallest absolute Gasteiger partial charge is 0.273 e. The highest BCUT2D eigenvalue weighted by molar-refractivity contribution is 6.32. The molecule has 0 fully saturated rings. The Hall–Kier alpha value is -2.45. The molecule has 1 heterocycles. The van der Waals surface area contributed by atoms with E-state index in [9.17, 15) is 10.1 Å². The van der Waals surface area contributed by atoms with E-state index in [0.717, 1.165) is 0 Å². The van der Waals surface area contributed by atoms with E-state index in [1.54, 1.807) is 0 Å². The first-order valence-corrected chi connectivity index (χ1v) is 5.38. The van der Waals surface area contributed by atoms with Gasteiger partial charge in [0.1, 0.15) is 0 Å². The molecule has 19 heavy (non-hydrogen) atoms. The number of hydrogen-bond acceptors (Lipinski definition) is 7. The Morgan fingerprint density at radius 3 is 2.89 bits per heavy atom. The third-order valence-electron chi connectivity index (χ3n) is 2.10. The van der Waals surface area contributed by atoms with Gasteiger partial charge in [-0.2, -0.15) is 4.98 Å². The van der Waals surface area contributed by atoms with Gasteiger partial charge in [-0.25, -0.2) is 5.84 Å². The Balaban J connectivity index is 2.31. The molecule has 0 aliphatic rings. The highest BCUT2D eigenvalue weighted by Crippen LogP contribution is 2.31. The van der Waals surface area contributed by atoms with Crippen molar-refractivity contribution < 1.29 is 9.66 Å². The third kappa shape index (κ3) is 3.06. The van der Waals surface area contributed by atoms with Gasteiger partial charge in [-0.15, -0.1) is 0 Å². The van der Waals surface area contributed by atoms with Gasteiger partial charge in [0.25, 0.3) is 5.69 Å². The first kappa shape index (κ1) is 13.0. The number of anilines is 1. The Labute approximate surface area is 112 Å². The van der Waals surface area contributed by atoms with Crippen molar-refractivity contribution in [3.63, 3.8) is 0 Å². The fraction of sp³-hybridized carbons (Fsp3) is 0. The van der Waals surface area contributed by atoms with Crippen molar-refractivity contribution in [1.82, 2.24) is 9.97 Å². The molecule has 8 nitrogen and oxygen atoms in total. The van der Waals surface area contributed by atoms with Crippen LogP contribution in [0.1, 0.15) is 0 Å². The van der Waals surface area contributed by atoms with Crippen LogP contribution in [0.3, 0.4) is 0 Å². The van der Waals surface area contributed by atoms with Crippen LogP contribution in [-0.2, 0) is 0 Å². The van der Waals surface area contributed by atoms with Crippen molar-refractivity contribution in [3.05, 3.63) is 45.7 Å². The monoisotopic (exact) mass is 281 g/mol. The molecule has 9 heteroatoms. The van der Waals surface area contributed by atoms with Crippen LogP contribution in [0.4, 0.5) is 11.5 Å². The van der Waals surface area contributed by atoms with Gasteiger partial charge in [0.15, 0.2) is 11.6 Å². The zero-order valence-corrected chi connectivity index (χ0v) is 10.2. The van der Waals surface area contributed by atoms with Crippen LogP contribution >= 0.6 is 11.6 Å². The van der Waals surface area contributed by atoms with Crippen molar-refractivity contribution in [3.8, 4) is 11.6 Å². The lowest BCUT2D eigenvalue weighted by Crippen LogP contribution is -2.09. The van der Waals surface area contributed by atoms with Crippen LogP contribution < -0.4 is 16.0 Å². The lowest BCUT2D eigenvalue weighted by atomic mass is 10.3. The summed E-state index contributed by atoms with van der Waals surface area (Å²) in [5, 5.41) is 10.9. The maximum atomic E-state index is 10.7. The van der Waals surface area contributed by atoms with E-state index in [1.165, 1.54) is 30.6 Å². The SMILES string of the molecule is NNc1cncc(Oc2cc([N+](=O)[O-])ccc2Cl)n1. The lowest BCUT2D eigenvalue weighted by molar-refractivity contribution is -0.384. The van der Waals surface area contributed by atoms with Crippen molar-refractivity contribution in [2.45, 2.75) is 0 Å². The number of rotatable bonds is 4. The minimum absolute atomic E-state index is 0.109. The topological polar surface area (TPSA) is 116 Å². The number of aromatic nitrogens is 2. The quantitative estimate of drug-likeness (QED) is 0.501. The Morgan fingerprint density at radius 1 is 1.42 bits per heavy atom. The fourth-order valence-corrected chi connectivity index (χ4v) is 1.42. The Morgan fingerprint density at radius 2 is 2.21 bits per heavy atom. The molecule has 0 saturated carbocycles. The summed E-state index contributed by atoms with van der Waals surface area (Å²) in [6, 6.07) is 3.85. The highest BCUT2D eigenvalue weighted by atomic mass is 35.5. The van der Waals surface area contributed by atoms with Crippen molar-refractivity contribution in [2.24, 2.45) is 5.84 Å². The number of ether oxygens (including phenoxy) is 1. The number of non-ortho nitro benzene ring substituents is 1. The summed E-state index contributed by atoms with van der Waals surface area (Å²) < 4.78 is 5.34. The first-order valence-electron chi connectivity index (χ1n) is 5.00. The molecule has 3 N–H and O–H groups in total. The molecule has 2 rings (SSSR count). The second kappa shape index (κ2) is 5.46. The van der Waals surface area contributed by atoms with Crippen LogP contribution in [0.2, 0.25) is 5.02 Å². The summed E-state index contributed by atoms with van der Waals surface area (Å²) in [6.07, 6.45) is 2.72. The van der Waals surface area contributed by atoms with E-state index in [-0.39, 0.29) is 22.3 Å². The number of nitrogen functional groups attached to an aromatic ring is 1. The molecule has 0 aliphatic heterocycles. The Bertz CT molecular complexity index is 622. The Kier molecular flexibility index (Phi) is 3.74. The van der Waals surface area contributed by atoms with Crippen LogP contribution in [0.15, 0.2) is 30.6 Å². The summed E-state index contributed by atoms with van der Waals surface area (Å²) in [5.41, 5.74) is 2.16. The molecule has 0 bridgehead atoms. The maximum absolute atomic E-state index is 10.7. The fourth-order valence-electron chi connectivity index (χ4n) is 1.26. The van der Waals surface area contributed by atoms with Gasteiger partial charge >= 0.3 is 0 Å². The molecule has 0 radical (unpaired) electrons. The molecule has 0 spiro atoms. The number of nitrogens with one attached hydrogen (secondary N) is 1. The molecule has 98 valence electrons. The van der Waals surface area contributed by atoms with Gasteiger partial charge in [0.05, 0.1) is 28.4 Å². The number of nitro groups is 1. The van der Waals surface area contributed by atoms with Crippen molar-refractivity contribution in [2.75, 3.05) is 5.43 Å². The standard InChI is InChI=1S/C10H8ClN5O3/c11-7-2-1-6(16(17)18)3-8(7)19-10-5-13-4-9(14-10)15-12/h1-5H,12H2,(H,14,15). The summed E-state index contributed by atoms with van der Waals surface area (Å²) in [5.74, 6) is 5.69. The zero-order valence-electron chi connectivity index (χ0n) is 9.41. The molecule has 2 aromatic rings.